The van der Waals surface area contributed by atoms with Crippen molar-refractivity contribution in [3.8, 4) is 0 Å². The second-order valence-corrected chi connectivity index (χ2v) is 7.96. The van der Waals surface area contributed by atoms with Gasteiger partial charge in [0.25, 0.3) is 0 Å². The first kappa shape index (κ1) is 18.5. The third kappa shape index (κ3) is 6.02. The summed E-state index contributed by atoms with van der Waals surface area (Å²) in [5, 5.41) is 3.29. The number of nitrogens with one attached hydrogen (secondary N) is 2. The van der Waals surface area contributed by atoms with Crippen LogP contribution in [0.3, 0.4) is 0 Å². The lowest BCUT2D eigenvalue weighted by Crippen LogP contribution is -2.32. The standard InChI is InChI=1S/C14H27N3O2S2/c1-5-7-15-10-13-9-14(11-17(13)3)21(18,19)16-12(2)6-8-20-4/h9,11-12,15-16H,5-8,10H2,1-4H3. The van der Waals surface area contributed by atoms with Crippen LogP contribution in [0.25, 0.3) is 0 Å². The molecule has 0 aliphatic carbocycles. The zero-order valence-electron chi connectivity index (χ0n) is 13.3. The van der Waals surface area contributed by atoms with Gasteiger partial charge < -0.3 is 9.88 Å². The second kappa shape index (κ2) is 8.82. The SMILES string of the molecule is CCCNCc1cc(S(=O)(=O)NC(C)CCSC)cn1C. The lowest BCUT2D eigenvalue weighted by Gasteiger charge is -2.12. The molecule has 0 saturated carbocycles. The summed E-state index contributed by atoms with van der Waals surface area (Å²) in [6.07, 6.45) is 5.59. The van der Waals surface area contributed by atoms with E-state index < -0.39 is 10.0 Å². The molecule has 0 bridgehead atoms. The summed E-state index contributed by atoms with van der Waals surface area (Å²) in [7, 11) is -1.56. The van der Waals surface area contributed by atoms with Crippen molar-refractivity contribution in [3.63, 3.8) is 0 Å². The molecular formula is C14H27N3O2S2. The van der Waals surface area contributed by atoms with Gasteiger partial charge in [0.05, 0.1) is 4.90 Å². The van der Waals surface area contributed by atoms with Crippen molar-refractivity contribution in [2.24, 2.45) is 7.05 Å². The Bertz CT molecular complexity index is 526. The van der Waals surface area contributed by atoms with Gasteiger partial charge >= 0.3 is 0 Å². The van der Waals surface area contributed by atoms with Gasteiger partial charge in [-0.05, 0) is 44.4 Å². The highest BCUT2D eigenvalue weighted by Gasteiger charge is 2.19. The zero-order valence-corrected chi connectivity index (χ0v) is 15.0. The number of hydrogen-bond acceptors (Lipinski definition) is 4. The molecule has 1 aromatic heterocycles. The topological polar surface area (TPSA) is 63.1 Å². The fraction of sp³-hybridized carbons (Fsp3) is 0.714. The lowest BCUT2D eigenvalue weighted by molar-refractivity contribution is 0.557. The van der Waals surface area contributed by atoms with E-state index >= 15 is 0 Å². The predicted octanol–water partition coefficient (Wildman–Crippen LogP) is 1.94. The Balaban J connectivity index is 2.72. The smallest absolute Gasteiger partial charge is 0.242 e. The van der Waals surface area contributed by atoms with Crippen LogP contribution < -0.4 is 10.0 Å². The van der Waals surface area contributed by atoms with E-state index in [1.165, 1.54) is 0 Å². The minimum Gasteiger partial charge on any atom is -0.352 e. The van der Waals surface area contributed by atoms with Crippen molar-refractivity contribution in [3.05, 3.63) is 18.0 Å². The molecule has 0 spiro atoms. The number of thioether (sulfide) groups is 1. The molecule has 1 atom stereocenters. The van der Waals surface area contributed by atoms with Gasteiger partial charge in [0.2, 0.25) is 10.0 Å². The average molecular weight is 334 g/mol. The minimum atomic E-state index is -3.43. The van der Waals surface area contributed by atoms with Crippen molar-refractivity contribution in [1.82, 2.24) is 14.6 Å². The van der Waals surface area contributed by atoms with E-state index in [2.05, 4.69) is 17.0 Å². The fourth-order valence-electron chi connectivity index (χ4n) is 1.98. The molecule has 0 aromatic carbocycles. The predicted molar refractivity (Wildman–Crippen MR) is 90.2 cm³/mol. The average Bonchev–Trinajstić information content (AvgIpc) is 2.79. The summed E-state index contributed by atoms with van der Waals surface area (Å²) in [6, 6.07) is 1.69. The van der Waals surface area contributed by atoms with Crippen LogP contribution in [0.1, 0.15) is 32.4 Å². The third-order valence-corrected chi connectivity index (χ3v) is 5.44. The molecular weight excluding hydrogens is 306 g/mol. The molecule has 1 unspecified atom stereocenters. The first-order valence-corrected chi connectivity index (χ1v) is 10.2. The van der Waals surface area contributed by atoms with E-state index in [0.29, 0.717) is 11.4 Å². The Morgan fingerprint density at radius 2 is 2.14 bits per heavy atom. The number of aryl methyl sites for hydroxylation is 1. The molecule has 1 aromatic rings. The number of sulfonamides is 1. The zero-order chi connectivity index (χ0) is 15.9. The van der Waals surface area contributed by atoms with Gasteiger partial charge in [0.1, 0.15) is 0 Å². The molecule has 21 heavy (non-hydrogen) atoms. The summed E-state index contributed by atoms with van der Waals surface area (Å²) >= 11 is 1.72. The summed E-state index contributed by atoms with van der Waals surface area (Å²) < 4.78 is 29.3. The lowest BCUT2D eigenvalue weighted by atomic mass is 10.3. The van der Waals surface area contributed by atoms with E-state index in [0.717, 1.165) is 30.8 Å². The van der Waals surface area contributed by atoms with Crippen LogP contribution in [0.4, 0.5) is 0 Å². The molecule has 1 rings (SSSR count). The first-order chi connectivity index (χ1) is 9.90. The van der Waals surface area contributed by atoms with Gasteiger partial charge in [0, 0.05) is 31.5 Å². The molecule has 0 aliphatic heterocycles. The monoisotopic (exact) mass is 333 g/mol. The number of nitrogens with zero attached hydrogens (tertiary/aromatic N) is 1. The molecule has 0 amide bonds. The largest absolute Gasteiger partial charge is 0.352 e. The van der Waals surface area contributed by atoms with Crippen molar-refractivity contribution in [2.45, 2.75) is 44.2 Å². The van der Waals surface area contributed by atoms with Crippen LogP contribution in [0.5, 0.6) is 0 Å². The van der Waals surface area contributed by atoms with E-state index in [-0.39, 0.29) is 6.04 Å². The van der Waals surface area contributed by atoms with Gasteiger partial charge in [0.15, 0.2) is 0 Å². The third-order valence-electron chi connectivity index (χ3n) is 3.24. The fourth-order valence-corrected chi connectivity index (χ4v) is 3.94. The van der Waals surface area contributed by atoms with Crippen LogP contribution in [0, 0.1) is 0 Å². The van der Waals surface area contributed by atoms with Crippen LogP contribution in [-0.4, -0.2) is 37.6 Å². The van der Waals surface area contributed by atoms with E-state index in [1.807, 2.05) is 24.8 Å². The Morgan fingerprint density at radius 3 is 2.76 bits per heavy atom. The maximum atomic E-state index is 12.3. The van der Waals surface area contributed by atoms with E-state index in [9.17, 15) is 8.42 Å². The normalized spacial score (nSPS) is 13.5. The Morgan fingerprint density at radius 1 is 1.43 bits per heavy atom. The van der Waals surface area contributed by atoms with Crippen molar-refractivity contribution in [1.29, 1.82) is 0 Å². The van der Waals surface area contributed by atoms with Crippen LogP contribution >= 0.6 is 11.8 Å². The number of aromatic nitrogens is 1. The highest BCUT2D eigenvalue weighted by atomic mass is 32.2. The maximum absolute atomic E-state index is 12.3. The summed E-state index contributed by atoms with van der Waals surface area (Å²) in [4.78, 5) is 0.342. The van der Waals surface area contributed by atoms with Crippen LogP contribution in [0.15, 0.2) is 17.2 Å². The van der Waals surface area contributed by atoms with E-state index in [1.54, 1.807) is 24.0 Å². The molecule has 122 valence electrons. The molecule has 0 fully saturated rings. The summed E-state index contributed by atoms with van der Waals surface area (Å²) in [5.41, 5.74) is 0.973. The summed E-state index contributed by atoms with van der Waals surface area (Å²) in [6.45, 7) is 5.62. The Kier molecular flexibility index (Phi) is 7.79. The second-order valence-electron chi connectivity index (χ2n) is 5.26. The molecule has 0 aliphatic rings. The number of rotatable bonds is 10. The van der Waals surface area contributed by atoms with Gasteiger partial charge in [-0.15, -0.1) is 0 Å². The van der Waals surface area contributed by atoms with Gasteiger partial charge in [-0.3, -0.25) is 0 Å². The van der Waals surface area contributed by atoms with E-state index in [4.69, 9.17) is 0 Å². The first-order valence-electron chi connectivity index (χ1n) is 7.28. The highest BCUT2D eigenvalue weighted by Crippen LogP contribution is 2.14. The molecule has 5 nitrogen and oxygen atoms in total. The van der Waals surface area contributed by atoms with Gasteiger partial charge in [-0.25, -0.2) is 13.1 Å². The maximum Gasteiger partial charge on any atom is 0.242 e. The Hall–Kier alpha value is -0.500. The number of hydrogen-bond donors (Lipinski definition) is 2. The van der Waals surface area contributed by atoms with Crippen molar-refractivity contribution < 1.29 is 8.42 Å². The summed E-state index contributed by atoms with van der Waals surface area (Å²) in [5.74, 6) is 0.949. The van der Waals surface area contributed by atoms with Crippen molar-refractivity contribution in [2.75, 3.05) is 18.6 Å². The molecule has 2 N–H and O–H groups in total. The van der Waals surface area contributed by atoms with Crippen LogP contribution in [0.2, 0.25) is 0 Å². The van der Waals surface area contributed by atoms with Gasteiger partial charge in [-0.2, -0.15) is 11.8 Å². The molecule has 0 saturated heterocycles. The molecule has 0 radical (unpaired) electrons. The molecule has 1 heterocycles. The van der Waals surface area contributed by atoms with Crippen molar-refractivity contribution >= 4 is 21.8 Å². The minimum absolute atomic E-state index is 0.0516. The van der Waals surface area contributed by atoms with Crippen LogP contribution in [-0.2, 0) is 23.6 Å². The highest BCUT2D eigenvalue weighted by molar-refractivity contribution is 7.98. The quantitative estimate of drug-likeness (QED) is 0.642. The Labute approximate surface area is 132 Å². The van der Waals surface area contributed by atoms with Gasteiger partial charge in [-0.1, -0.05) is 6.92 Å². The molecule has 7 heteroatoms.